The van der Waals surface area contributed by atoms with E-state index < -0.39 is 11.0 Å². The molecule has 4 aromatic rings. The van der Waals surface area contributed by atoms with Crippen LogP contribution < -0.4 is 5.32 Å². The molecule has 1 N–H and O–H groups in total. The third kappa shape index (κ3) is 4.69. The molecule has 0 radical (unpaired) electrons. The summed E-state index contributed by atoms with van der Waals surface area (Å²) in [7, 11) is 0. The molecule has 1 saturated heterocycles. The Morgan fingerprint density at radius 3 is 2.60 bits per heavy atom. The maximum absolute atomic E-state index is 13.2. The number of anilines is 1. The summed E-state index contributed by atoms with van der Waals surface area (Å²) < 4.78 is 5.76. The Kier molecular flexibility index (Phi) is 6.27. The van der Waals surface area contributed by atoms with Crippen LogP contribution in [0.3, 0.4) is 0 Å². The van der Waals surface area contributed by atoms with E-state index in [1.807, 2.05) is 56.0 Å². The number of carbonyl (C=O) groups is 2. The standard InChI is InChI=1S/C34H35N5O3/c1-33(2,3)42-32(41)39-15-14-38(21-29(39)22-8-5-4-6-9-22)20-26-12-11-23-16-24-18-34(19-25(24)17-28(23)36-26)27-10-7-13-35-30(27)37-31(34)40/h4-13,16-17,29H,14-15,18-21H2,1-3H3,(H,35,37,40)/t29?,34-/m0/s1. The Morgan fingerprint density at radius 1 is 1.02 bits per heavy atom. The van der Waals surface area contributed by atoms with E-state index in [4.69, 9.17) is 9.72 Å². The number of nitrogens with zero attached hydrogens (tertiary/aromatic N) is 4. The van der Waals surface area contributed by atoms with E-state index >= 15 is 0 Å². The van der Waals surface area contributed by atoms with E-state index in [2.05, 4.69) is 51.6 Å². The summed E-state index contributed by atoms with van der Waals surface area (Å²) in [5.74, 6) is 0.712. The number of nitrogens with one attached hydrogen (secondary N) is 1. The average Bonchev–Trinajstić information content (AvgIpc) is 3.47. The number of aromatic nitrogens is 2. The molecule has 1 aliphatic carbocycles. The monoisotopic (exact) mass is 561 g/mol. The second kappa shape index (κ2) is 9.91. The predicted octanol–water partition coefficient (Wildman–Crippen LogP) is 5.41. The number of fused-ring (bicyclic) bond motifs is 4. The van der Waals surface area contributed by atoms with E-state index in [-0.39, 0.29) is 18.0 Å². The molecule has 1 fully saturated rings. The first-order valence-corrected chi connectivity index (χ1v) is 14.6. The third-order valence-electron chi connectivity index (χ3n) is 8.71. The van der Waals surface area contributed by atoms with Crippen LogP contribution in [0.25, 0.3) is 10.9 Å². The van der Waals surface area contributed by atoms with Crippen LogP contribution in [0.5, 0.6) is 0 Å². The van der Waals surface area contributed by atoms with Gasteiger partial charge in [0.05, 0.1) is 22.7 Å². The van der Waals surface area contributed by atoms with Crippen LogP contribution in [0.1, 0.15) is 54.8 Å². The van der Waals surface area contributed by atoms with Gasteiger partial charge >= 0.3 is 6.09 Å². The number of amides is 2. The molecule has 1 spiro atoms. The highest BCUT2D eigenvalue weighted by Crippen LogP contribution is 2.47. The number of carbonyl (C=O) groups excluding carboxylic acids is 2. The Bertz CT molecular complexity index is 1700. The largest absolute Gasteiger partial charge is 0.444 e. The smallest absolute Gasteiger partial charge is 0.410 e. The molecule has 2 aromatic carbocycles. The molecule has 7 rings (SSSR count). The topological polar surface area (TPSA) is 87.7 Å². The first-order valence-electron chi connectivity index (χ1n) is 14.6. The van der Waals surface area contributed by atoms with Gasteiger partial charge in [-0.05, 0) is 74.6 Å². The maximum atomic E-state index is 13.2. The fourth-order valence-electron chi connectivity index (χ4n) is 6.74. The molecule has 8 nitrogen and oxygen atoms in total. The van der Waals surface area contributed by atoms with Gasteiger partial charge in [0.25, 0.3) is 0 Å². The second-order valence-electron chi connectivity index (χ2n) is 12.7. The highest BCUT2D eigenvalue weighted by molar-refractivity contribution is 6.06. The molecule has 0 saturated carbocycles. The summed E-state index contributed by atoms with van der Waals surface area (Å²) >= 11 is 0. The lowest BCUT2D eigenvalue weighted by molar-refractivity contribution is -0.120. The van der Waals surface area contributed by atoms with Crippen molar-refractivity contribution in [1.29, 1.82) is 0 Å². The molecule has 2 amide bonds. The van der Waals surface area contributed by atoms with Crippen molar-refractivity contribution < 1.29 is 14.3 Å². The van der Waals surface area contributed by atoms with Gasteiger partial charge in [-0.1, -0.05) is 42.5 Å². The number of hydrogen-bond acceptors (Lipinski definition) is 6. The zero-order chi connectivity index (χ0) is 29.1. The van der Waals surface area contributed by atoms with Crippen molar-refractivity contribution in [2.24, 2.45) is 0 Å². The molecule has 3 aliphatic rings. The van der Waals surface area contributed by atoms with Crippen LogP contribution in [0.2, 0.25) is 0 Å². The Morgan fingerprint density at radius 2 is 1.81 bits per heavy atom. The zero-order valence-corrected chi connectivity index (χ0v) is 24.3. The third-order valence-corrected chi connectivity index (χ3v) is 8.71. The van der Waals surface area contributed by atoms with Crippen molar-refractivity contribution in [3.8, 4) is 0 Å². The van der Waals surface area contributed by atoms with Gasteiger partial charge in [-0.3, -0.25) is 19.6 Å². The average molecular weight is 562 g/mol. The molecular formula is C34H35N5O3. The minimum atomic E-state index is -0.591. The molecule has 0 bridgehead atoms. The molecule has 42 heavy (non-hydrogen) atoms. The van der Waals surface area contributed by atoms with Gasteiger partial charge in [0.15, 0.2) is 0 Å². The highest BCUT2D eigenvalue weighted by Gasteiger charge is 2.51. The van der Waals surface area contributed by atoms with E-state index in [0.29, 0.717) is 38.3 Å². The molecule has 2 atom stereocenters. The number of hydrogen-bond donors (Lipinski definition) is 1. The fraction of sp³-hybridized carbons (Fsp3) is 0.353. The number of pyridine rings is 2. The number of benzene rings is 2. The Labute approximate surface area is 245 Å². The van der Waals surface area contributed by atoms with E-state index in [9.17, 15) is 9.59 Å². The SMILES string of the molecule is CC(C)(C)OC(=O)N1CCN(Cc2ccc3cc4c(cc3n2)C[C@]2(C4)C(=O)Nc3ncccc32)CC1c1ccccc1. The van der Waals surface area contributed by atoms with Crippen LogP contribution >= 0.6 is 0 Å². The van der Waals surface area contributed by atoms with Gasteiger partial charge < -0.3 is 10.1 Å². The molecule has 2 aliphatic heterocycles. The van der Waals surface area contributed by atoms with Crippen molar-refractivity contribution in [3.63, 3.8) is 0 Å². The Balaban J connectivity index is 1.12. The molecule has 4 heterocycles. The van der Waals surface area contributed by atoms with Crippen molar-refractivity contribution in [2.75, 3.05) is 25.0 Å². The van der Waals surface area contributed by atoms with Crippen molar-refractivity contribution in [2.45, 2.75) is 57.2 Å². The first kappa shape index (κ1) is 26.6. The van der Waals surface area contributed by atoms with E-state index in [1.165, 1.54) is 11.1 Å². The molecule has 2 aromatic heterocycles. The zero-order valence-electron chi connectivity index (χ0n) is 24.3. The molecule has 8 heteroatoms. The predicted molar refractivity (Wildman–Crippen MR) is 161 cm³/mol. The lowest BCUT2D eigenvalue weighted by Gasteiger charge is -2.41. The molecule has 214 valence electrons. The van der Waals surface area contributed by atoms with E-state index in [0.717, 1.165) is 34.3 Å². The summed E-state index contributed by atoms with van der Waals surface area (Å²) in [5, 5.41) is 4.07. The number of rotatable bonds is 3. The van der Waals surface area contributed by atoms with Crippen LogP contribution in [-0.4, -0.2) is 57.0 Å². The summed E-state index contributed by atoms with van der Waals surface area (Å²) in [6, 6.07) is 22.6. The number of ether oxygens (including phenoxy) is 1. The van der Waals surface area contributed by atoms with Gasteiger partial charge in [-0.2, -0.15) is 0 Å². The van der Waals surface area contributed by atoms with Crippen LogP contribution in [-0.2, 0) is 34.3 Å². The first-order chi connectivity index (χ1) is 20.2. The molecular weight excluding hydrogens is 526 g/mol. The fourth-order valence-corrected chi connectivity index (χ4v) is 6.74. The lowest BCUT2D eigenvalue weighted by atomic mass is 9.79. The minimum absolute atomic E-state index is 0.0311. The maximum Gasteiger partial charge on any atom is 0.410 e. The highest BCUT2D eigenvalue weighted by atomic mass is 16.6. The second-order valence-corrected chi connectivity index (χ2v) is 12.7. The quantitative estimate of drug-likeness (QED) is 0.360. The van der Waals surface area contributed by atoms with Gasteiger partial charge in [0.2, 0.25) is 5.91 Å². The van der Waals surface area contributed by atoms with Gasteiger partial charge in [0.1, 0.15) is 11.4 Å². The summed E-state index contributed by atoms with van der Waals surface area (Å²) in [6.07, 6.45) is 2.77. The van der Waals surface area contributed by atoms with Crippen LogP contribution in [0.4, 0.5) is 10.6 Å². The van der Waals surface area contributed by atoms with Crippen molar-refractivity contribution in [1.82, 2.24) is 19.8 Å². The lowest BCUT2D eigenvalue weighted by Crippen LogP contribution is -2.51. The van der Waals surface area contributed by atoms with Crippen molar-refractivity contribution >= 4 is 28.7 Å². The summed E-state index contributed by atoms with van der Waals surface area (Å²) in [6.45, 7) is 8.39. The minimum Gasteiger partial charge on any atom is -0.444 e. The Hall–Kier alpha value is -4.30. The van der Waals surface area contributed by atoms with Crippen LogP contribution in [0.15, 0.2) is 72.9 Å². The van der Waals surface area contributed by atoms with Gasteiger partial charge in [-0.25, -0.2) is 9.78 Å². The normalized spacial score (nSPS) is 21.8. The summed E-state index contributed by atoms with van der Waals surface area (Å²) in [4.78, 5) is 40.0. The number of piperazine rings is 1. The molecule has 1 unspecified atom stereocenters. The van der Waals surface area contributed by atoms with Crippen LogP contribution in [0, 0.1) is 0 Å². The summed E-state index contributed by atoms with van der Waals surface area (Å²) in [5.41, 5.74) is 5.25. The van der Waals surface area contributed by atoms with Gasteiger partial charge in [0, 0.05) is 43.3 Å². The van der Waals surface area contributed by atoms with Gasteiger partial charge in [-0.15, -0.1) is 0 Å². The van der Waals surface area contributed by atoms with Crippen molar-refractivity contribution in [3.05, 3.63) is 101 Å². The van der Waals surface area contributed by atoms with E-state index in [1.54, 1.807) is 6.20 Å².